The van der Waals surface area contributed by atoms with Gasteiger partial charge in [-0.3, -0.25) is 0 Å². The summed E-state index contributed by atoms with van der Waals surface area (Å²) in [5.41, 5.74) is 0.432. The lowest BCUT2D eigenvalue weighted by molar-refractivity contribution is 0.0197. The molecule has 3 rings (SSSR count). The Morgan fingerprint density at radius 3 is 3.00 bits per heavy atom. The van der Waals surface area contributed by atoms with Gasteiger partial charge in [0, 0.05) is 36.7 Å². The third-order valence-electron chi connectivity index (χ3n) is 3.97. The van der Waals surface area contributed by atoms with E-state index in [1.165, 1.54) is 29.7 Å². The average Bonchev–Trinajstić information content (AvgIpc) is 3.02. The van der Waals surface area contributed by atoms with Crippen molar-refractivity contribution in [1.29, 1.82) is 0 Å². The Morgan fingerprint density at radius 1 is 1.46 bits per heavy atom. The number of piperidine rings is 1. The summed E-state index contributed by atoms with van der Waals surface area (Å²) in [6, 6.07) is 2.62. The van der Waals surface area contributed by atoms with Crippen LogP contribution in [0, 0.1) is 5.82 Å². The summed E-state index contributed by atoms with van der Waals surface area (Å²) in [7, 11) is 0. The van der Waals surface area contributed by atoms with Gasteiger partial charge in [-0.25, -0.2) is 19.2 Å². The molecule has 0 spiro atoms. The Labute approximate surface area is 156 Å². The third kappa shape index (κ3) is 4.91. The average molecular weight is 378 g/mol. The quantitative estimate of drug-likeness (QED) is 0.850. The molecule has 26 heavy (non-hydrogen) atoms. The van der Waals surface area contributed by atoms with Crippen LogP contribution in [-0.4, -0.2) is 39.7 Å². The molecule has 1 saturated heterocycles. The van der Waals surface area contributed by atoms with Gasteiger partial charge in [-0.2, -0.15) is 0 Å². The number of hydrogen-bond donors (Lipinski definition) is 1. The van der Waals surface area contributed by atoms with E-state index in [4.69, 9.17) is 4.74 Å². The highest BCUT2D eigenvalue weighted by molar-refractivity contribution is 7.13. The monoisotopic (exact) mass is 378 g/mol. The summed E-state index contributed by atoms with van der Waals surface area (Å²) < 4.78 is 18.7. The summed E-state index contributed by atoms with van der Waals surface area (Å²) >= 11 is 1.44. The van der Waals surface area contributed by atoms with Crippen molar-refractivity contribution in [2.45, 2.75) is 45.1 Å². The molecule has 1 aliphatic heterocycles. The van der Waals surface area contributed by atoms with Crippen LogP contribution >= 0.6 is 11.3 Å². The molecule has 1 fully saturated rings. The first-order valence-corrected chi connectivity index (χ1v) is 9.50. The number of carbonyl (C=O) groups excluding carboxylic acids is 1. The van der Waals surface area contributed by atoms with Crippen LogP contribution < -0.4 is 5.32 Å². The molecule has 1 aliphatic rings. The molecule has 0 radical (unpaired) electrons. The number of rotatable bonds is 3. The number of likely N-dealkylation sites (tertiary alicyclic amines) is 1. The number of halogens is 1. The van der Waals surface area contributed by atoms with E-state index < -0.39 is 5.60 Å². The van der Waals surface area contributed by atoms with E-state index in [1.54, 1.807) is 4.90 Å². The summed E-state index contributed by atoms with van der Waals surface area (Å²) in [6.07, 6.45) is 3.02. The van der Waals surface area contributed by atoms with Crippen LogP contribution in [-0.2, 0) is 4.74 Å². The van der Waals surface area contributed by atoms with Crippen LogP contribution in [0.2, 0.25) is 0 Å². The highest BCUT2D eigenvalue weighted by atomic mass is 32.1. The van der Waals surface area contributed by atoms with E-state index in [9.17, 15) is 9.18 Å². The summed E-state index contributed by atoms with van der Waals surface area (Å²) in [5, 5.41) is 5.66. The van der Waals surface area contributed by atoms with Crippen molar-refractivity contribution in [3.8, 4) is 0 Å². The maximum absolute atomic E-state index is 13.3. The van der Waals surface area contributed by atoms with Gasteiger partial charge in [0.2, 0.25) is 0 Å². The molecule has 0 bridgehead atoms. The predicted molar refractivity (Wildman–Crippen MR) is 99.4 cm³/mol. The molecular formula is C18H23FN4O2S. The molecule has 0 saturated carbocycles. The lowest BCUT2D eigenvalue weighted by Gasteiger charge is -2.33. The Morgan fingerprint density at radius 2 is 2.27 bits per heavy atom. The zero-order valence-corrected chi connectivity index (χ0v) is 16.0. The Balaban J connectivity index is 1.64. The fraction of sp³-hybridized carbons (Fsp3) is 0.500. The van der Waals surface area contributed by atoms with E-state index in [0.29, 0.717) is 24.0 Å². The van der Waals surface area contributed by atoms with E-state index in [0.717, 1.165) is 18.5 Å². The molecule has 1 N–H and O–H groups in total. The molecule has 0 unspecified atom stereocenters. The van der Waals surface area contributed by atoms with Gasteiger partial charge in [-0.05, 0) is 39.7 Å². The maximum Gasteiger partial charge on any atom is 0.410 e. The number of nitrogens with zero attached hydrogens (tertiary/aromatic N) is 3. The van der Waals surface area contributed by atoms with Gasteiger partial charge >= 0.3 is 6.09 Å². The van der Waals surface area contributed by atoms with Gasteiger partial charge in [-0.15, -0.1) is 11.3 Å². The Kier molecular flexibility index (Phi) is 5.41. The van der Waals surface area contributed by atoms with Crippen molar-refractivity contribution in [2.24, 2.45) is 0 Å². The number of anilines is 2. The smallest absolute Gasteiger partial charge is 0.410 e. The van der Waals surface area contributed by atoms with Crippen molar-refractivity contribution in [3.05, 3.63) is 35.2 Å². The van der Waals surface area contributed by atoms with Gasteiger partial charge < -0.3 is 15.0 Å². The summed E-state index contributed by atoms with van der Waals surface area (Å²) in [5.74, 6) is 0.244. The number of hydrogen-bond acceptors (Lipinski definition) is 6. The van der Waals surface area contributed by atoms with Gasteiger partial charge in [0.1, 0.15) is 17.2 Å². The normalized spacial score (nSPS) is 17.8. The van der Waals surface area contributed by atoms with E-state index >= 15 is 0 Å². The largest absolute Gasteiger partial charge is 0.444 e. The second-order valence-corrected chi connectivity index (χ2v) is 8.19. The van der Waals surface area contributed by atoms with Crippen molar-refractivity contribution >= 4 is 28.4 Å². The van der Waals surface area contributed by atoms with Crippen LogP contribution in [0.5, 0.6) is 0 Å². The fourth-order valence-corrected chi connectivity index (χ4v) is 3.62. The number of aromatic nitrogens is 2. The van der Waals surface area contributed by atoms with Gasteiger partial charge in [0.15, 0.2) is 5.13 Å². The lowest BCUT2D eigenvalue weighted by atomic mass is 9.96. The van der Waals surface area contributed by atoms with E-state index in [1.807, 2.05) is 26.2 Å². The molecular weight excluding hydrogens is 355 g/mol. The molecule has 140 valence electrons. The predicted octanol–water partition coefficient (Wildman–Crippen LogP) is 4.54. The first-order chi connectivity index (χ1) is 12.3. The molecule has 1 atom stereocenters. The second kappa shape index (κ2) is 7.57. The minimum atomic E-state index is -0.500. The van der Waals surface area contributed by atoms with Crippen LogP contribution in [0.3, 0.4) is 0 Å². The van der Waals surface area contributed by atoms with Crippen LogP contribution in [0.4, 0.5) is 20.1 Å². The molecule has 2 aromatic heterocycles. The molecule has 3 heterocycles. The number of ether oxygens (including phenoxy) is 1. The molecule has 2 aromatic rings. The molecule has 8 heteroatoms. The standard InChI is InChI=1S/C18H23FN4O2S/c1-18(2,3)25-17(24)23-8-4-5-12(10-23)14-11-26-16(21-14)22-15-9-13(19)6-7-20-15/h6-7,9,11-12H,4-5,8,10H2,1-3H3,(H,20,21,22)/t12-/m0/s1. The summed E-state index contributed by atoms with van der Waals surface area (Å²) in [6.45, 7) is 6.89. The second-order valence-electron chi connectivity index (χ2n) is 7.33. The SMILES string of the molecule is CC(C)(C)OC(=O)N1CCC[C@H](c2csc(Nc3cc(F)ccn3)n2)C1. The van der Waals surface area contributed by atoms with Crippen LogP contribution in [0.15, 0.2) is 23.7 Å². The highest BCUT2D eigenvalue weighted by Crippen LogP contribution is 2.31. The zero-order chi connectivity index (χ0) is 18.7. The van der Waals surface area contributed by atoms with Crippen LogP contribution in [0.25, 0.3) is 0 Å². The number of nitrogens with one attached hydrogen (secondary N) is 1. The van der Waals surface area contributed by atoms with Crippen molar-refractivity contribution in [3.63, 3.8) is 0 Å². The topological polar surface area (TPSA) is 67.3 Å². The van der Waals surface area contributed by atoms with Gasteiger partial charge in [0.05, 0.1) is 5.69 Å². The summed E-state index contributed by atoms with van der Waals surface area (Å²) in [4.78, 5) is 22.7. The Hall–Kier alpha value is -2.22. The first-order valence-electron chi connectivity index (χ1n) is 8.62. The molecule has 0 aliphatic carbocycles. The number of amides is 1. The number of carbonyl (C=O) groups is 1. The van der Waals surface area contributed by atoms with Crippen molar-refractivity contribution in [2.75, 3.05) is 18.4 Å². The number of pyridine rings is 1. The number of thiazole rings is 1. The minimum Gasteiger partial charge on any atom is -0.444 e. The molecule has 0 aromatic carbocycles. The van der Waals surface area contributed by atoms with E-state index in [2.05, 4.69) is 15.3 Å². The zero-order valence-electron chi connectivity index (χ0n) is 15.2. The van der Waals surface area contributed by atoms with Crippen molar-refractivity contribution < 1.29 is 13.9 Å². The van der Waals surface area contributed by atoms with Crippen molar-refractivity contribution in [1.82, 2.24) is 14.9 Å². The molecule has 6 nitrogen and oxygen atoms in total. The third-order valence-corrected chi connectivity index (χ3v) is 4.75. The first kappa shape index (κ1) is 18.6. The van der Waals surface area contributed by atoms with Crippen LogP contribution in [0.1, 0.15) is 45.2 Å². The van der Waals surface area contributed by atoms with E-state index in [-0.39, 0.29) is 17.8 Å². The molecule has 1 amide bonds. The lowest BCUT2D eigenvalue weighted by Crippen LogP contribution is -2.42. The maximum atomic E-state index is 13.3. The van der Waals surface area contributed by atoms with Gasteiger partial charge in [0.25, 0.3) is 0 Å². The minimum absolute atomic E-state index is 0.170. The highest BCUT2D eigenvalue weighted by Gasteiger charge is 2.29. The van der Waals surface area contributed by atoms with Gasteiger partial charge in [-0.1, -0.05) is 0 Å². The Bertz CT molecular complexity index is 775. The fourth-order valence-electron chi connectivity index (χ4n) is 2.82.